The number of ether oxygens (including phenoxy) is 2. The van der Waals surface area contributed by atoms with Gasteiger partial charge in [-0.2, -0.15) is 0 Å². The van der Waals surface area contributed by atoms with Gasteiger partial charge in [0.15, 0.2) is 0 Å². The van der Waals surface area contributed by atoms with E-state index in [4.69, 9.17) is 19.4 Å². The highest BCUT2D eigenvalue weighted by atomic mass is 16.6. The van der Waals surface area contributed by atoms with E-state index in [1.54, 1.807) is 6.92 Å². The lowest BCUT2D eigenvalue weighted by molar-refractivity contribution is -0.137. The summed E-state index contributed by atoms with van der Waals surface area (Å²) in [4.78, 5) is 58.9. The van der Waals surface area contributed by atoms with E-state index in [0.717, 1.165) is 101 Å². The Balaban J connectivity index is 0.893. The summed E-state index contributed by atoms with van der Waals surface area (Å²) in [6.45, 7) is 8.13. The second-order valence-electron chi connectivity index (χ2n) is 17.3. The summed E-state index contributed by atoms with van der Waals surface area (Å²) >= 11 is 0. The summed E-state index contributed by atoms with van der Waals surface area (Å²) in [6.07, 6.45) is 8.99. The third kappa shape index (κ3) is 6.68. The molecule has 5 aromatic rings. The van der Waals surface area contributed by atoms with E-state index < -0.39 is 17.7 Å². The van der Waals surface area contributed by atoms with Crippen LogP contribution in [0.3, 0.4) is 0 Å². The van der Waals surface area contributed by atoms with Crippen molar-refractivity contribution in [2.24, 2.45) is 11.3 Å². The van der Waals surface area contributed by atoms with Gasteiger partial charge in [0.05, 0.1) is 43.0 Å². The summed E-state index contributed by atoms with van der Waals surface area (Å²) in [5.74, 6) is 1.81. The van der Waals surface area contributed by atoms with Gasteiger partial charge < -0.3 is 29.7 Å². The molecule has 3 amide bonds. The highest BCUT2D eigenvalue weighted by Crippen LogP contribution is 2.58. The highest BCUT2D eigenvalue weighted by Gasteiger charge is 2.55. The van der Waals surface area contributed by atoms with Crippen molar-refractivity contribution in [3.8, 4) is 33.6 Å². The SMILES string of the molecule is COC(=O)N[C@@H](C)C(=O)N1[C@@H]2CC[C@@H](C2)[C@H]1c1ncc(-c2ccc(-c3ccc4cc(-c5cnc([C@@H]6CC7(CC7)CN6C(=O)OC(C)(C)C)[nH]5)ccc4c3)cc2)[nH]1. The van der Waals surface area contributed by atoms with Crippen LogP contribution in [0.25, 0.3) is 44.4 Å². The van der Waals surface area contributed by atoms with Crippen LogP contribution in [0.1, 0.15) is 90.0 Å². The normalized spacial score (nSPS) is 22.8. The van der Waals surface area contributed by atoms with E-state index in [9.17, 15) is 14.4 Å². The standard InChI is InChI=1S/C44H49N7O5/c1-25(47-41(53)55-5)40(52)51-33-15-14-32(20-33)37(51)39-46-22-34(49-39)27-8-6-26(7-9-27)28-10-11-30-19-31(13-12-29(30)18-28)35-23-45-38(48-35)36-21-44(16-17-44)24-50(36)42(54)56-43(2,3)4/h6-13,18-19,22-23,25,32-33,36-37H,14-17,20-21,24H2,1-5H3,(H,45,48)(H,46,49)(H,47,53)/t25-,32-,33+,36-,37-/m0/s1. The van der Waals surface area contributed by atoms with E-state index in [-0.39, 0.29) is 35.5 Å². The molecule has 12 nitrogen and oxygen atoms in total. The first-order valence-corrected chi connectivity index (χ1v) is 19.8. The number of imidazole rings is 2. The Morgan fingerprint density at radius 1 is 0.857 bits per heavy atom. The van der Waals surface area contributed by atoms with Gasteiger partial charge in [-0.3, -0.25) is 9.69 Å². The highest BCUT2D eigenvalue weighted by molar-refractivity contribution is 5.91. The van der Waals surface area contributed by atoms with Crippen LogP contribution in [0.2, 0.25) is 0 Å². The van der Waals surface area contributed by atoms with Crippen LogP contribution in [-0.2, 0) is 14.3 Å². The summed E-state index contributed by atoms with van der Waals surface area (Å²) < 4.78 is 10.5. The monoisotopic (exact) mass is 755 g/mol. The van der Waals surface area contributed by atoms with Gasteiger partial charge in [-0.05, 0) is 117 Å². The zero-order valence-corrected chi connectivity index (χ0v) is 32.6. The summed E-state index contributed by atoms with van der Waals surface area (Å²) in [5.41, 5.74) is 5.75. The number of alkyl carbamates (subject to hydrolysis) is 1. The molecule has 2 aliphatic carbocycles. The van der Waals surface area contributed by atoms with Crippen LogP contribution in [0.15, 0.2) is 73.1 Å². The number of aromatic nitrogens is 4. The third-order valence-corrected chi connectivity index (χ3v) is 12.3. The molecular weight excluding hydrogens is 707 g/mol. The third-order valence-electron chi connectivity index (χ3n) is 12.3. The number of nitrogens with zero attached hydrogens (tertiary/aromatic N) is 4. The van der Waals surface area contributed by atoms with Gasteiger partial charge in [-0.15, -0.1) is 0 Å². The number of H-pyrrole nitrogens is 2. The van der Waals surface area contributed by atoms with Crippen LogP contribution in [0, 0.1) is 11.3 Å². The molecule has 3 N–H and O–H groups in total. The Bertz CT molecular complexity index is 2320. The number of nitrogens with one attached hydrogen (secondary N) is 3. The maximum Gasteiger partial charge on any atom is 0.410 e. The molecule has 290 valence electrons. The van der Waals surface area contributed by atoms with Crippen molar-refractivity contribution in [2.45, 2.75) is 96.0 Å². The van der Waals surface area contributed by atoms with Gasteiger partial charge in [0.25, 0.3) is 0 Å². The molecule has 4 heterocycles. The number of hydrogen-bond acceptors (Lipinski definition) is 7. The molecule has 12 heteroatoms. The minimum absolute atomic E-state index is 0.115. The molecule has 0 unspecified atom stereocenters. The van der Waals surface area contributed by atoms with Gasteiger partial charge in [0.1, 0.15) is 23.3 Å². The lowest BCUT2D eigenvalue weighted by Crippen LogP contribution is -2.50. The number of fused-ring (bicyclic) bond motifs is 3. The number of rotatable bonds is 7. The molecule has 2 saturated heterocycles. The minimum Gasteiger partial charge on any atom is -0.453 e. The van der Waals surface area contributed by atoms with Gasteiger partial charge in [-0.1, -0.05) is 48.5 Å². The predicted molar refractivity (Wildman–Crippen MR) is 212 cm³/mol. The summed E-state index contributed by atoms with van der Waals surface area (Å²) in [6, 6.07) is 20.6. The maximum absolute atomic E-state index is 13.5. The number of aromatic amines is 2. The maximum atomic E-state index is 13.5. The molecule has 2 bridgehead atoms. The first-order valence-electron chi connectivity index (χ1n) is 19.8. The van der Waals surface area contributed by atoms with Crippen molar-refractivity contribution in [1.82, 2.24) is 35.1 Å². The second-order valence-corrected chi connectivity index (χ2v) is 17.3. The zero-order valence-electron chi connectivity index (χ0n) is 32.6. The average Bonchev–Trinajstić information content (AvgIpc) is 3.81. The number of carbonyl (C=O) groups is 3. The molecule has 9 rings (SSSR count). The fraction of sp³-hybridized carbons (Fsp3) is 0.432. The number of piperidine rings is 1. The van der Waals surface area contributed by atoms with Crippen molar-refractivity contribution in [2.75, 3.05) is 13.7 Å². The largest absolute Gasteiger partial charge is 0.453 e. The molecule has 0 radical (unpaired) electrons. The number of methoxy groups -OCH3 is 1. The molecule has 2 saturated carbocycles. The van der Waals surface area contributed by atoms with Crippen LogP contribution < -0.4 is 5.32 Å². The molecule has 3 aromatic carbocycles. The van der Waals surface area contributed by atoms with E-state index in [0.29, 0.717) is 5.92 Å². The van der Waals surface area contributed by atoms with Crippen LogP contribution >= 0.6 is 0 Å². The molecule has 2 aliphatic heterocycles. The van der Waals surface area contributed by atoms with Crippen molar-refractivity contribution < 1.29 is 23.9 Å². The van der Waals surface area contributed by atoms with E-state index in [1.807, 2.05) is 43.0 Å². The smallest absolute Gasteiger partial charge is 0.410 e. The molecule has 56 heavy (non-hydrogen) atoms. The fourth-order valence-electron chi connectivity index (χ4n) is 9.25. The molecule has 2 aromatic heterocycles. The number of likely N-dealkylation sites (tertiary alicyclic amines) is 2. The molecule has 4 aliphatic rings. The van der Waals surface area contributed by atoms with Crippen LogP contribution in [-0.4, -0.2) is 79.2 Å². The van der Waals surface area contributed by atoms with Crippen molar-refractivity contribution in [1.29, 1.82) is 0 Å². The van der Waals surface area contributed by atoms with Gasteiger partial charge >= 0.3 is 12.2 Å². The summed E-state index contributed by atoms with van der Waals surface area (Å²) in [7, 11) is 1.29. The van der Waals surface area contributed by atoms with Gasteiger partial charge in [0, 0.05) is 18.2 Å². The van der Waals surface area contributed by atoms with Crippen LogP contribution in [0.5, 0.6) is 0 Å². The number of amides is 3. The zero-order chi connectivity index (χ0) is 38.9. The first kappa shape index (κ1) is 36.0. The van der Waals surface area contributed by atoms with E-state index in [1.165, 1.54) is 7.11 Å². The molecule has 1 spiro atoms. The molecule has 5 atom stereocenters. The second kappa shape index (κ2) is 13.5. The van der Waals surface area contributed by atoms with E-state index in [2.05, 4.69) is 75.9 Å². The lowest BCUT2D eigenvalue weighted by Gasteiger charge is -2.36. The molecule has 4 fully saturated rings. The average molecular weight is 756 g/mol. The Morgan fingerprint density at radius 2 is 1.48 bits per heavy atom. The van der Waals surface area contributed by atoms with Crippen molar-refractivity contribution in [3.05, 3.63) is 84.7 Å². The Kier molecular flexibility index (Phi) is 8.70. The van der Waals surface area contributed by atoms with Gasteiger partial charge in [0.2, 0.25) is 5.91 Å². The number of benzene rings is 3. The summed E-state index contributed by atoms with van der Waals surface area (Å²) in [5, 5.41) is 4.89. The fourth-order valence-corrected chi connectivity index (χ4v) is 9.25. The Labute approximate surface area is 326 Å². The van der Waals surface area contributed by atoms with Gasteiger partial charge in [-0.25, -0.2) is 19.6 Å². The minimum atomic E-state index is -0.690. The van der Waals surface area contributed by atoms with Crippen LogP contribution in [0.4, 0.5) is 9.59 Å². The number of carbonyl (C=O) groups excluding carboxylic acids is 3. The predicted octanol–water partition coefficient (Wildman–Crippen LogP) is 8.55. The lowest BCUT2D eigenvalue weighted by atomic mass is 9.97. The Morgan fingerprint density at radius 3 is 2.18 bits per heavy atom. The number of hydrogen-bond donors (Lipinski definition) is 3. The Hall–Kier alpha value is -5.65. The van der Waals surface area contributed by atoms with Crippen molar-refractivity contribution >= 4 is 28.9 Å². The first-order chi connectivity index (χ1) is 26.9. The van der Waals surface area contributed by atoms with E-state index >= 15 is 0 Å². The quantitative estimate of drug-likeness (QED) is 0.151. The molecular formula is C44H49N7O5. The topological polar surface area (TPSA) is 146 Å². The van der Waals surface area contributed by atoms with Crippen molar-refractivity contribution in [3.63, 3.8) is 0 Å².